The highest BCUT2D eigenvalue weighted by Gasteiger charge is 2.18. The van der Waals surface area contributed by atoms with Crippen molar-refractivity contribution in [2.45, 2.75) is 0 Å². The van der Waals surface area contributed by atoms with Crippen molar-refractivity contribution in [1.82, 2.24) is 0 Å². The molecule has 0 amide bonds. The van der Waals surface area contributed by atoms with E-state index in [9.17, 15) is 8.22 Å². The Kier molecular flexibility index (Phi) is 2.90. The predicted molar refractivity (Wildman–Crippen MR) is 190 cm³/mol. The summed E-state index contributed by atoms with van der Waals surface area (Å²) in [5.74, 6) is 0. The fourth-order valence-electron chi connectivity index (χ4n) is 5.63. The monoisotopic (exact) mass is 592 g/mol. The van der Waals surface area contributed by atoms with E-state index >= 15 is 0 Å². The maximum Gasteiger partial charge on any atom is 0.135 e. The normalized spacial score (nSPS) is 17.8. The summed E-state index contributed by atoms with van der Waals surface area (Å²) >= 11 is 0. The van der Waals surface area contributed by atoms with Crippen LogP contribution in [-0.2, 0) is 0 Å². The van der Waals surface area contributed by atoms with E-state index in [1.54, 1.807) is 48.5 Å². The van der Waals surface area contributed by atoms with Crippen LogP contribution in [0.3, 0.4) is 0 Å². The van der Waals surface area contributed by atoms with Gasteiger partial charge in [0.25, 0.3) is 0 Å². The van der Waals surface area contributed by atoms with Crippen molar-refractivity contribution in [3.8, 4) is 44.5 Å². The summed E-state index contributed by atoms with van der Waals surface area (Å²) in [6, 6.07) is -0.0579. The summed E-state index contributed by atoms with van der Waals surface area (Å²) in [6.45, 7) is 0. The standard InChI is InChI=1S/C44H28O/c1-3-11-29(12-4-1)31-19-21-32(22-20-31)43-35-15-7-9-17-37(35)44(38-18-10-8-16-36(38)43)34-24-26-42-40(28-34)39-27-33(23-25-41(39)45-42)30-13-5-2-6-14-30/h1-28H/i1D,2D,3D,4D,5D,6D,11D,12D,13D,14D,19D,20D,21D,22D,23D,24D,25D,26D,27D,28D. The predicted octanol–water partition coefficient (Wildman–Crippen LogP) is 12.6. The number of fused-ring (bicyclic) bond motifs is 5. The smallest absolute Gasteiger partial charge is 0.135 e. The van der Waals surface area contributed by atoms with Crippen LogP contribution in [0, 0.1) is 0 Å². The highest BCUT2D eigenvalue weighted by Crippen LogP contribution is 2.45. The van der Waals surface area contributed by atoms with Gasteiger partial charge in [-0.25, -0.2) is 0 Å². The first-order valence-electron chi connectivity index (χ1n) is 23.8. The van der Waals surface area contributed by atoms with E-state index in [0.717, 1.165) is 0 Å². The van der Waals surface area contributed by atoms with E-state index in [2.05, 4.69) is 0 Å². The molecule has 1 aromatic heterocycles. The average Bonchev–Trinajstić information content (AvgIpc) is 3.71. The number of hydrogen-bond donors (Lipinski definition) is 0. The summed E-state index contributed by atoms with van der Waals surface area (Å²) in [7, 11) is 0. The van der Waals surface area contributed by atoms with Crippen LogP contribution in [0.4, 0.5) is 0 Å². The molecule has 0 atom stereocenters. The van der Waals surface area contributed by atoms with Crippen LogP contribution in [0.5, 0.6) is 0 Å². The molecule has 0 fully saturated rings. The lowest BCUT2D eigenvalue weighted by molar-refractivity contribution is 0.669. The van der Waals surface area contributed by atoms with Crippen molar-refractivity contribution in [3.05, 3.63) is 169 Å². The molecule has 0 N–H and O–H groups in total. The van der Waals surface area contributed by atoms with E-state index in [1.165, 1.54) is 0 Å². The molecule has 0 bridgehead atoms. The lowest BCUT2D eigenvalue weighted by Crippen LogP contribution is -1.91. The van der Waals surface area contributed by atoms with Crippen molar-refractivity contribution in [2.75, 3.05) is 0 Å². The van der Waals surface area contributed by atoms with Crippen molar-refractivity contribution < 1.29 is 31.8 Å². The van der Waals surface area contributed by atoms with Crippen molar-refractivity contribution >= 4 is 43.5 Å². The van der Waals surface area contributed by atoms with Gasteiger partial charge in [-0.2, -0.15) is 0 Å². The van der Waals surface area contributed by atoms with Crippen molar-refractivity contribution in [3.63, 3.8) is 0 Å². The van der Waals surface area contributed by atoms with E-state index in [-0.39, 0.29) is 38.6 Å². The molecule has 1 heterocycles. The van der Waals surface area contributed by atoms with Crippen LogP contribution in [0.15, 0.2) is 174 Å². The molecule has 9 aromatic rings. The molecule has 0 saturated heterocycles. The van der Waals surface area contributed by atoms with Crippen molar-refractivity contribution in [1.29, 1.82) is 0 Å². The number of rotatable bonds is 4. The Morgan fingerprint density at radius 3 is 1.24 bits per heavy atom. The molecule has 45 heavy (non-hydrogen) atoms. The van der Waals surface area contributed by atoms with E-state index in [4.69, 9.17) is 23.6 Å². The van der Waals surface area contributed by atoms with E-state index in [0.29, 0.717) is 21.5 Å². The first kappa shape index (κ1) is 12.6. The highest BCUT2D eigenvalue weighted by atomic mass is 16.3. The van der Waals surface area contributed by atoms with Crippen LogP contribution in [0.2, 0.25) is 0 Å². The van der Waals surface area contributed by atoms with Crippen molar-refractivity contribution in [2.24, 2.45) is 0 Å². The highest BCUT2D eigenvalue weighted by molar-refractivity contribution is 6.22. The molecule has 8 aromatic carbocycles. The molecule has 1 nitrogen and oxygen atoms in total. The quantitative estimate of drug-likeness (QED) is 0.185. The number of furan rings is 1. The maximum absolute atomic E-state index is 9.77. The molecular weight excluding hydrogens is 544 g/mol. The Morgan fingerprint density at radius 2 is 0.711 bits per heavy atom. The van der Waals surface area contributed by atoms with E-state index < -0.39 is 149 Å². The number of benzene rings is 8. The van der Waals surface area contributed by atoms with Gasteiger partial charge in [-0.15, -0.1) is 0 Å². The Balaban J connectivity index is 1.40. The van der Waals surface area contributed by atoms with Crippen LogP contribution in [0.25, 0.3) is 88.0 Å². The van der Waals surface area contributed by atoms with Gasteiger partial charge in [0.2, 0.25) is 0 Å². The Morgan fingerprint density at radius 1 is 0.333 bits per heavy atom. The van der Waals surface area contributed by atoms with Gasteiger partial charge >= 0.3 is 0 Å². The molecule has 9 rings (SSSR count). The minimum Gasteiger partial charge on any atom is -0.456 e. The zero-order valence-corrected chi connectivity index (χ0v) is 23.0. The zero-order chi connectivity index (χ0) is 47.1. The molecular formula is C44H28O. The lowest BCUT2D eigenvalue weighted by atomic mass is 9.85. The lowest BCUT2D eigenvalue weighted by Gasteiger charge is -2.18. The average molecular weight is 593 g/mol. The van der Waals surface area contributed by atoms with Gasteiger partial charge in [0, 0.05) is 10.8 Å². The SMILES string of the molecule is [2H]c1c([2H])c([2H])c(-c2c([2H])c([2H])c(-c3c4ccccc4c(-c4c([2H])c([2H])c5oc6c([2H])c([2H])c(-c7c([2H])c([2H])c([2H])c([2H])c7[2H])c([2H])c6c5c4[2H])c4ccccc34)c([2H])c2[2H])c([2H])c1[2H]. The van der Waals surface area contributed by atoms with Gasteiger partial charge in [-0.3, -0.25) is 0 Å². The van der Waals surface area contributed by atoms with Crippen LogP contribution < -0.4 is 0 Å². The fraction of sp³-hybridized carbons (Fsp3) is 0. The second-order valence-corrected chi connectivity index (χ2v) is 10.1. The molecule has 0 unspecified atom stereocenters. The van der Waals surface area contributed by atoms with Gasteiger partial charge in [0.15, 0.2) is 0 Å². The van der Waals surface area contributed by atoms with Gasteiger partial charge in [0.05, 0.1) is 27.4 Å². The summed E-state index contributed by atoms with van der Waals surface area (Å²) < 4.78 is 181. The zero-order valence-electron chi connectivity index (χ0n) is 43.0. The Bertz CT molecular complexity index is 3520. The second-order valence-electron chi connectivity index (χ2n) is 10.1. The summed E-state index contributed by atoms with van der Waals surface area (Å²) in [5.41, 5.74) is -2.72. The first-order chi connectivity index (χ1) is 30.7. The molecule has 1 heteroatoms. The van der Waals surface area contributed by atoms with Crippen LogP contribution >= 0.6 is 0 Å². The van der Waals surface area contributed by atoms with Gasteiger partial charge in [0.1, 0.15) is 11.2 Å². The Labute approximate surface area is 289 Å². The Hall–Kier alpha value is -5.92. The van der Waals surface area contributed by atoms with Crippen LogP contribution in [-0.4, -0.2) is 0 Å². The topological polar surface area (TPSA) is 13.1 Å². The molecule has 0 saturated carbocycles. The fourth-order valence-corrected chi connectivity index (χ4v) is 5.63. The summed E-state index contributed by atoms with van der Waals surface area (Å²) in [4.78, 5) is 0. The third-order valence-electron chi connectivity index (χ3n) is 7.57. The summed E-state index contributed by atoms with van der Waals surface area (Å²) in [5, 5.41) is 0.788. The van der Waals surface area contributed by atoms with Gasteiger partial charge in [-0.05, 0) is 90.2 Å². The molecule has 210 valence electrons. The largest absolute Gasteiger partial charge is 0.456 e. The second kappa shape index (κ2) is 10.4. The molecule has 0 aliphatic rings. The minimum atomic E-state index is -0.737. The molecule has 0 aliphatic carbocycles. The number of hydrogen-bond acceptors (Lipinski definition) is 1. The molecule has 0 spiro atoms. The molecule has 0 radical (unpaired) electrons. The van der Waals surface area contributed by atoms with Crippen LogP contribution in [0.1, 0.15) is 27.4 Å². The molecule has 0 aliphatic heterocycles. The maximum atomic E-state index is 9.77. The minimum absolute atomic E-state index is 0.148. The summed E-state index contributed by atoms with van der Waals surface area (Å²) in [6.07, 6.45) is 0. The van der Waals surface area contributed by atoms with E-state index in [1.807, 2.05) is 0 Å². The van der Waals surface area contributed by atoms with Gasteiger partial charge in [-0.1, -0.05) is 145 Å². The van der Waals surface area contributed by atoms with Gasteiger partial charge < -0.3 is 4.42 Å². The third-order valence-corrected chi connectivity index (χ3v) is 7.57. The first-order valence-corrected chi connectivity index (χ1v) is 13.8. The third kappa shape index (κ3) is 4.24.